The first-order chi connectivity index (χ1) is 11.4. The number of amides is 1. The fraction of sp³-hybridized carbons (Fsp3) is 0.263. The first kappa shape index (κ1) is 17.5. The molecule has 1 unspecified atom stereocenters. The maximum absolute atomic E-state index is 12.1. The van der Waals surface area contributed by atoms with Crippen molar-refractivity contribution in [3.05, 3.63) is 59.2 Å². The van der Waals surface area contributed by atoms with E-state index >= 15 is 0 Å². The molecule has 0 aliphatic heterocycles. The van der Waals surface area contributed by atoms with Gasteiger partial charge < -0.3 is 9.84 Å². The van der Waals surface area contributed by atoms with Gasteiger partial charge in [0.05, 0.1) is 5.71 Å². The van der Waals surface area contributed by atoms with Crippen molar-refractivity contribution in [2.75, 3.05) is 0 Å². The van der Waals surface area contributed by atoms with Crippen molar-refractivity contribution in [1.29, 1.82) is 0 Å². The molecule has 0 saturated heterocycles. The van der Waals surface area contributed by atoms with Crippen molar-refractivity contribution in [2.24, 2.45) is 5.10 Å². The summed E-state index contributed by atoms with van der Waals surface area (Å²) in [5, 5.41) is 13.4. The standard InChI is InChI=1S/C19H22N2O3/c1-12-5-10-18(11-13(12)2)24-15(4)19(23)21-20-14(3)16-6-8-17(22)9-7-16/h5-11,15,22H,1-4H3,(H,21,23)/b20-14+. The Labute approximate surface area is 142 Å². The van der Waals surface area contributed by atoms with E-state index in [0.29, 0.717) is 11.5 Å². The lowest BCUT2D eigenvalue weighted by atomic mass is 10.1. The fourth-order valence-electron chi connectivity index (χ4n) is 2.04. The SMILES string of the molecule is C/C(=N\NC(=O)C(C)Oc1ccc(C)c(C)c1)c1ccc(O)cc1. The molecule has 24 heavy (non-hydrogen) atoms. The number of hydrogen-bond donors (Lipinski definition) is 2. The zero-order valence-corrected chi connectivity index (χ0v) is 14.3. The Hall–Kier alpha value is -2.82. The van der Waals surface area contributed by atoms with Gasteiger partial charge in [-0.25, -0.2) is 5.43 Å². The van der Waals surface area contributed by atoms with Gasteiger partial charge in [0.1, 0.15) is 11.5 Å². The van der Waals surface area contributed by atoms with Crippen LogP contribution in [0, 0.1) is 13.8 Å². The second-order valence-corrected chi connectivity index (χ2v) is 5.73. The average Bonchev–Trinajstić information content (AvgIpc) is 2.56. The Morgan fingerprint density at radius 2 is 1.79 bits per heavy atom. The van der Waals surface area contributed by atoms with Crippen LogP contribution in [0.2, 0.25) is 0 Å². The number of nitrogens with one attached hydrogen (secondary N) is 1. The van der Waals surface area contributed by atoms with Crippen molar-refractivity contribution < 1.29 is 14.6 Å². The Kier molecular flexibility index (Phi) is 5.58. The van der Waals surface area contributed by atoms with Crippen LogP contribution in [0.4, 0.5) is 0 Å². The monoisotopic (exact) mass is 326 g/mol. The molecule has 0 spiro atoms. The number of rotatable bonds is 5. The summed E-state index contributed by atoms with van der Waals surface area (Å²) in [6.07, 6.45) is -0.663. The summed E-state index contributed by atoms with van der Waals surface area (Å²) < 4.78 is 5.65. The van der Waals surface area contributed by atoms with Gasteiger partial charge in [-0.1, -0.05) is 6.07 Å². The minimum Gasteiger partial charge on any atom is -0.508 e. The summed E-state index contributed by atoms with van der Waals surface area (Å²) >= 11 is 0. The molecule has 1 atom stereocenters. The third-order valence-electron chi connectivity index (χ3n) is 3.78. The van der Waals surface area contributed by atoms with Crippen LogP contribution in [0.1, 0.15) is 30.5 Å². The van der Waals surface area contributed by atoms with Gasteiger partial charge in [0.15, 0.2) is 6.10 Å². The second-order valence-electron chi connectivity index (χ2n) is 5.73. The molecule has 1 amide bonds. The van der Waals surface area contributed by atoms with E-state index in [4.69, 9.17) is 4.74 Å². The topological polar surface area (TPSA) is 70.9 Å². The summed E-state index contributed by atoms with van der Waals surface area (Å²) in [6.45, 7) is 7.48. The highest BCUT2D eigenvalue weighted by molar-refractivity contribution is 5.99. The number of hydrogen-bond acceptors (Lipinski definition) is 4. The van der Waals surface area contributed by atoms with E-state index in [2.05, 4.69) is 10.5 Å². The van der Waals surface area contributed by atoms with Gasteiger partial charge in [-0.2, -0.15) is 5.10 Å². The lowest BCUT2D eigenvalue weighted by Gasteiger charge is -2.14. The van der Waals surface area contributed by atoms with Crippen LogP contribution in [-0.4, -0.2) is 22.8 Å². The fourth-order valence-corrected chi connectivity index (χ4v) is 2.04. The van der Waals surface area contributed by atoms with Crippen molar-refractivity contribution in [2.45, 2.75) is 33.8 Å². The zero-order valence-electron chi connectivity index (χ0n) is 14.3. The predicted molar refractivity (Wildman–Crippen MR) is 94.5 cm³/mol. The van der Waals surface area contributed by atoms with Gasteiger partial charge in [0.2, 0.25) is 0 Å². The van der Waals surface area contributed by atoms with Gasteiger partial charge in [0.25, 0.3) is 5.91 Å². The Bertz CT molecular complexity index is 752. The van der Waals surface area contributed by atoms with Crippen molar-refractivity contribution >= 4 is 11.6 Å². The van der Waals surface area contributed by atoms with Crippen molar-refractivity contribution in [1.82, 2.24) is 5.43 Å². The molecule has 5 heteroatoms. The minimum absolute atomic E-state index is 0.186. The molecule has 0 bridgehead atoms. The molecule has 126 valence electrons. The Morgan fingerprint density at radius 3 is 2.42 bits per heavy atom. The number of aryl methyl sites for hydroxylation is 2. The van der Waals surface area contributed by atoms with Crippen molar-refractivity contribution in [3.63, 3.8) is 0 Å². The molecule has 2 aromatic rings. The summed E-state index contributed by atoms with van der Waals surface area (Å²) in [4.78, 5) is 12.1. The van der Waals surface area contributed by atoms with E-state index in [1.54, 1.807) is 38.1 Å². The van der Waals surface area contributed by atoms with Crippen LogP contribution in [0.25, 0.3) is 0 Å². The predicted octanol–water partition coefficient (Wildman–Crippen LogP) is 3.32. The third kappa shape index (κ3) is 4.59. The molecule has 0 aromatic heterocycles. The van der Waals surface area contributed by atoms with Gasteiger partial charge in [-0.05, 0) is 80.8 Å². The molecule has 0 fully saturated rings. The number of nitrogens with zero attached hydrogens (tertiary/aromatic N) is 1. The first-order valence-corrected chi connectivity index (χ1v) is 7.74. The number of ether oxygens (including phenoxy) is 1. The maximum atomic E-state index is 12.1. The summed E-state index contributed by atoms with van der Waals surface area (Å²) in [7, 11) is 0. The lowest BCUT2D eigenvalue weighted by Crippen LogP contribution is -2.34. The largest absolute Gasteiger partial charge is 0.508 e. The first-order valence-electron chi connectivity index (χ1n) is 7.74. The van der Waals surface area contributed by atoms with Gasteiger partial charge in [-0.15, -0.1) is 0 Å². The Morgan fingerprint density at radius 1 is 1.12 bits per heavy atom. The van der Waals surface area contributed by atoms with Gasteiger partial charge in [0, 0.05) is 0 Å². The van der Waals surface area contributed by atoms with Gasteiger partial charge >= 0.3 is 0 Å². The van der Waals surface area contributed by atoms with E-state index in [0.717, 1.165) is 11.1 Å². The third-order valence-corrected chi connectivity index (χ3v) is 3.78. The summed E-state index contributed by atoms with van der Waals surface area (Å²) in [5.74, 6) is 0.511. The number of phenolic OH excluding ortho intramolecular Hbond substituents is 1. The molecular formula is C19H22N2O3. The molecule has 0 saturated carbocycles. The highest BCUT2D eigenvalue weighted by atomic mass is 16.5. The maximum Gasteiger partial charge on any atom is 0.280 e. The van der Waals surface area contributed by atoms with E-state index in [9.17, 15) is 9.90 Å². The lowest BCUT2D eigenvalue weighted by molar-refractivity contribution is -0.127. The molecule has 5 nitrogen and oxygen atoms in total. The van der Waals surface area contributed by atoms with Gasteiger partial charge in [-0.3, -0.25) is 4.79 Å². The quantitative estimate of drug-likeness (QED) is 0.654. The van der Waals surface area contributed by atoms with Crippen LogP contribution in [0.3, 0.4) is 0 Å². The van der Waals surface area contributed by atoms with Crippen molar-refractivity contribution in [3.8, 4) is 11.5 Å². The summed E-state index contributed by atoms with van der Waals surface area (Å²) in [6, 6.07) is 12.3. The van der Waals surface area contributed by atoms with E-state index in [1.165, 1.54) is 5.56 Å². The molecule has 0 radical (unpaired) electrons. The molecule has 2 rings (SSSR count). The molecular weight excluding hydrogens is 304 g/mol. The number of phenols is 1. The highest BCUT2D eigenvalue weighted by Gasteiger charge is 2.14. The van der Waals surface area contributed by atoms with E-state index in [-0.39, 0.29) is 11.7 Å². The smallest absolute Gasteiger partial charge is 0.280 e. The molecule has 2 N–H and O–H groups in total. The normalized spacial score (nSPS) is 12.6. The molecule has 0 aliphatic carbocycles. The van der Waals surface area contributed by atoms with Crippen LogP contribution in [-0.2, 0) is 4.79 Å². The summed E-state index contributed by atoms with van der Waals surface area (Å²) in [5.41, 5.74) is 6.25. The molecule has 0 aliphatic rings. The number of carbonyl (C=O) groups is 1. The average molecular weight is 326 g/mol. The number of benzene rings is 2. The van der Waals surface area contributed by atoms with E-state index < -0.39 is 6.10 Å². The van der Waals surface area contributed by atoms with Crippen LogP contribution in [0.5, 0.6) is 11.5 Å². The van der Waals surface area contributed by atoms with E-state index in [1.807, 2.05) is 32.0 Å². The second kappa shape index (κ2) is 7.64. The molecule has 2 aromatic carbocycles. The van der Waals surface area contributed by atoms with Crippen LogP contribution < -0.4 is 10.2 Å². The van der Waals surface area contributed by atoms with Crippen LogP contribution >= 0.6 is 0 Å². The molecule has 0 heterocycles. The number of carbonyl (C=O) groups excluding carboxylic acids is 1. The zero-order chi connectivity index (χ0) is 17.7. The number of aromatic hydroxyl groups is 1. The Balaban J connectivity index is 1.96. The highest BCUT2D eigenvalue weighted by Crippen LogP contribution is 2.17. The number of hydrazone groups is 1. The van der Waals surface area contributed by atoms with Crippen LogP contribution in [0.15, 0.2) is 47.6 Å². The minimum atomic E-state index is -0.663.